The van der Waals surface area contributed by atoms with Gasteiger partial charge in [-0.25, -0.2) is 0 Å². The Kier molecular flexibility index (Phi) is 5.77. The largest absolute Gasteiger partial charge is 0.482 e. The van der Waals surface area contributed by atoms with E-state index in [9.17, 15) is 9.59 Å². The standard InChI is InChI=1S/C16H23N3O3/c1-3-17-12(2)10-18-15(20)8-9-19-13-6-4-5-7-14(13)22-11-16(19)21/h4-7,12,17H,3,8-11H2,1-2H3,(H,18,20)/t12-/m1/s1. The van der Waals surface area contributed by atoms with E-state index in [4.69, 9.17) is 4.74 Å². The van der Waals surface area contributed by atoms with Crippen LogP contribution in [0.4, 0.5) is 5.69 Å². The first kappa shape index (κ1) is 16.3. The minimum Gasteiger partial charge on any atom is -0.482 e. The second kappa shape index (κ2) is 7.79. The molecule has 0 spiro atoms. The molecule has 1 heterocycles. The van der Waals surface area contributed by atoms with Crippen molar-refractivity contribution < 1.29 is 14.3 Å². The Labute approximate surface area is 130 Å². The maximum atomic E-state index is 12.0. The zero-order chi connectivity index (χ0) is 15.9. The highest BCUT2D eigenvalue weighted by atomic mass is 16.5. The molecule has 1 aliphatic heterocycles. The molecule has 1 aliphatic rings. The fourth-order valence-electron chi connectivity index (χ4n) is 2.39. The summed E-state index contributed by atoms with van der Waals surface area (Å²) >= 11 is 0. The van der Waals surface area contributed by atoms with Crippen molar-refractivity contribution in [1.82, 2.24) is 10.6 Å². The predicted octanol–water partition coefficient (Wildman–Crippen LogP) is 0.916. The molecule has 6 nitrogen and oxygen atoms in total. The molecule has 120 valence electrons. The Hall–Kier alpha value is -2.08. The van der Waals surface area contributed by atoms with Crippen LogP contribution in [0.5, 0.6) is 5.75 Å². The number of benzene rings is 1. The molecule has 1 atom stereocenters. The van der Waals surface area contributed by atoms with Crippen LogP contribution < -0.4 is 20.3 Å². The van der Waals surface area contributed by atoms with Gasteiger partial charge in [0.05, 0.1) is 5.69 Å². The number of nitrogens with one attached hydrogen (secondary N) is 2. The van der Waals surface area contributed by atoms with Crippen molar-refractivity contribution in [3.63, 3.8) is 0 Å². The molecule has 0 saturated heterocycles. The van der Waals surface area contributed by atoms with Crippen LogP contribution in [0.15, 0.2) is 24.3 Å². The Balaban J connectivity index is 1.86. The summed E-state index contributed by atoms with van der Waals surface area (Å²) in [5.41, 5.74) is 0.729. The van der Waals surface area contributed by atoms with Crippen LogP contribution in [0.2, 0.25) is 0 Å². The van der Waals surface area contributed by atoms with Gasteiger partial charge in [0.15, 0.2) is 6.61 Å². The normalized spacial score (nSPS) is 15.0. The molecule has 0 bridgehead atoms. The highest BCUT2D eigenvalue weighted by Crippen LogP contribution is 2.31. The molecule has 1 aromatic carbocycles. The Bertz CT molecular complexity index is 533. The smallest absolute Gasteiger partial charge is 0.265 e. The summed E-state index contributed by atoms with van der Waals surface area (Å²) in [6, 6.07) is 7.61. The Morgan fingerprint density at radius 1 is 1.41 bits per heavy atom. The maximum Gasteiger partial charge on any atom is 0.265 e. The fourth-order valence-corrected chi connectivity index (χ4v) is 2.39. The molecule has 6 heteroatoms. The first-order valence-electron chi connectivity index (χ1n) is 7.64. The lowest BCUT2D eigenvalue weighted by atomic mass is 10.2. The third-order valence-electron chi connectivity index (χ3n) is 3.53. The van der Waals surface area contributed by atoms with Crippen LogP contribution >= 0.6 is 0 Å². The molecule has 0 aromatic heterocycles. The zero-order valence-electron chi connectivity index (χ0n) is 13.1. The van der Waals surface area contributed by atoms with Gasteiger partial charge in [0, 0.05) is 25.6 Å². The molecule has 0 fully saturated rings. The average molecular weight is 305 g/mol. The van der Waals surface area contributed by atoms with E-state index >= 15 is 0 Å². The number of amides is 2. The molecule has 2 N–H and O–H groups in total. The van der Waals surface area contributed by atoms with Gasteiger partial charge in [0.2, 0.25) is 5.91 Å². The second-order valence-electron chi connectivity index (χ2n) is 5.31. The van der Waals surface area contributed by atoms with Crippen LogP contribution in [-0.4, -0.2) is 44.1 Å². The summed E-state index contributed by atoms with van der Waals surface area (Å²) in [7, 11) is 0. The van der Waals surface area contributed by atoms with Crippen molar-refractivity contribution in [2.75, 3.05) is 31.1 Å². The first-order valence-corrected chi connectivity index (χ1v) is 7.64. The lowest BCUT2D eigenvalue weighted by Crippen LogP contribution is -2.42. The van der Waals surface area contributed by atoms with E-state index in [-0.39, 0.29) is 30.9 Å². The molecule has 22 heavy (non-hydrogen) atoms. The Morgan fingerprint density at radius 3 is 2.95 bits per heavy atom. The third kappa shape index (κ3) is 4.21. The van der Waals surface area contributed by atoms with Gasteiger partial charge >= 0.3 is 0 Å². The van der Waals surface area contributed by atoms with Crippen molar-refractivity contribution in [1.29, 1.82) is 0 Å². The van der Waals surface area contributed by atoms with Crippen LogP contribution in [-0.2, 0) is 9.59 Å². The van der Waals surface area contributed by atoms with Gasteiger partial charge in [-0.3, -0.25) is 9.59 Å². The van der Waals surface area contributed by atoms with E-state index < -0.39 is 0 Å². The van der Waals surface area contributed by atoms with E-state index in [2.05, 4.69) is 10.6 Å². The number of fused-ring (bicyclic) bond motifs is 1. The lowest BCUT2D eigenvalue weighted by Gasteiger charge is -2.29. The highest BCUT2D eigenvalue weighted by molar-refractivity contribution is 5.98. The number of carbonyl (C=O) groups excluding carboxylic acids is 2. The van der Waals surface area contributed by atoms with E-state index in [1.807, 2.05) is 38.1 Å². The van der Waals surface area contributed by atoms with Crippen molar-refractivity contribution in [2.45, 2.75) is 26.3 Å². The van der Waals surface area contributed by atoms with Crippen LogP contribution in [0.3, 0.4) is 0 Å². The summed E-state index contributed by atoms with van der Waals surface area (Å²) in [5.74, 6) is 0.511. The summed E-state index contributed by atoms with van der Waals surface area (Å²) < 4.78 is 5.38. The number of nitrogens with zero attached hydrogens (tertiary/aromatic N) is 1. The minimum atomic E-state index is -0.118. The molecular weight excluding hydrogens is 282 g/mol. The van der Waals surface area contributed by atoms with E-state index in [0.717, 1.165) is 12.2 Å². The molecule has 0 saturated carbocycles. The summed E-state index contributed by atoms with van der Waals surface area (Å²) in [6.45, 7) is 5.89. The van der Waals surface area contributed by atoms with Crippen molar-refractivity contribution in [3.05, 3.63) is 24.3 Å². The summed E-state index contributed by atoms with van der Waals surface area (Å²) in [5, 5.41) is 6.11. The van der Waals surface area contributed by atoms with Gasteiger partial charge < -0.3 is 20.3 Å². The number of para-hydroxylation sites is 2. The van der Waals surface area contributed by atoms with Gasteiger partial charge in [-0.2, -0.15) is 0 Å². The quantitative estimate of drug-likeness (QED) is 0.786. The molecular formula is C16H23N3O3. The minimum absolute atomic E-state index is 0.0239. The number of ether oxygens (including phenoxy) is 1. The molecule has 1 aromatic rings. The molecule has 0 aliphatic carbocycles. The molecule has 2 rings (SSSR count). The van der Waals surface area contributed by atoms with Crippen molar-refractivity contribution in [3.8, 4) is 5.75 Å². The number of rotatable bonds is 7. The maximum absolute atomic E-state index is 12.0. The highest BCUT2D eigenvalue weighted by Gasteiger charge is 2.25. The van der Waals surface area contributed by atoms with Gasteiger partial charge in [0.1, 0.15) is 5.75 Å². The SMILES string of the molecule is CCN[C@H](C)CNC(=O)CCN1C(=O)COc2ccccc21. The molecule has 0 unspecified atom stereocenters. The Morgan fingerprint density at radius 2 is 2.18 bits per heavy atom. The number of carbonyl (C=O) groups is 2. The van der Waals surface area contributed by atoms with Gasteiger partial charge in [-0.05, 0) is 25.6 Å². The van der Waals surface area contributed by atoms with E-state index in [1.54, 1.807) is 4.90 Å². The zero-order valence-corrected chi connectivity index (χ0v) is 13.1. The number of anilines is 1. The summed E-state index contributed by atoms with van der Waals surface area (Å²) in [4.78, 5) is 25.5. The third-order valence-corrected chi connectivity index (χ3v) is 3.53. The monoisotopic (exact) mass is 305 g/mol. The van der Waals surface area contributed by atoms with Gasteiger partial charge in [-0.15, -0.1) is 0 Å². The number of hydrogen-bond donors (Lipinski definition) is 2. The van der Waals surface area contributed by atoms with E-state index in [0.29, 0.717) is 18.8 Å². The van der Waals surface area contributed by atoms with Gasteiger partial charge in [0.25, 0.3) is 5.91 Å². The lowest BCUT2D eigenvalue weighted by molar-refractivity contribution is -0.122. The first-order chi connectivity index (χ1) is 10.6. The summed E-state index contributed by atoms with van der Waals surface area (Å²) in [6.07, 6.45) is 0.277. The second-order valence-corrected chi connectivity index (χ2v) is 5.31. The van der Waals surface area contributed by atoms with E-state index in [1.165, 1.54) is 0 Å². The van der Waals surface area contributed by atoms with Crippen molar-refractivity contribution >= 4 is 17.5 Å². The number of hydrogen-bond acceptors (Lipinski definition) is 4. The van der Waals surface area contributed by atoms with Crippen molar-refractivity contribution in [2.24, 2.45) is 0 Å². The molecule has 2 amide bonds. The van der Waals surface area contributed by atoms with Gasteiger partial charge in [-0.1, -0.05) is 19.1 Å². The van der Waals surface area contributed by atoms with Crippen LogP contribution in [0.1, 0.15) is 20.3 Å². The molecule has 0 radical (unpaired) electrons. The van der Waals surface area contributed by atoms with Crippen LogP contribution in [0, 0.1) is 0 Å². The average Bonchev–Trinajstić information content (AvgIpc) is 2.52. The predicted molar refractivity (Wildman–Crippen MR) is 85.1 cm³/mol. The number of likely N-dealkylation sites (N-methyl/N-ethyl adjacent to an activating group) is 1. The topological polar surface area (TPSA) is 70.7 Å². The fraction of sp³-hybridized carbons (Fsp3) is 0.500. The van der Waals surface area contributed by atoms with Crippen LogP contribution in [0.25, 0.3) is 0 Å².